The van der Waals surface area contributed by atoms with Crippen LogP contribution >= 0.6 is 12.2 Å². The molecule has 1 fully saturated rings. The third-order valence-electron chi connectivity index (χ3n) is 5.75. The zero-order chi connectivity index (χ0) is 27.0. The number of hydrogen-bond acceptors (Lipinski definition) is 8. The van der Waals surface area contributed by atoms with Crippen molar-refractivity contribution in [1.29, 1.82) is 0 Å². The summed E-state index contributed by atoms with van der Waals surface area (Å²) in [7, 11) is 1.48. The van der Waals surface area contributed by atoms with Gasteiger partial charge in [-0.15, -0.1) is 0 Å². The molecule has 0 aliphatic carbocycles. The summed E-state index contributed by atoms with van der Waals surface area (Å²) in [5.41, 5.74) is 2.02. The summed E-state index contributed by atoms with van der Waals surface area (Å²) in [5, 5.41) is 24.8. The fourth-order valence-corrected chi connectivity index (χ4v) is 4.05. The Labute approximate surface area is 215 Å². The molecule has 2 heterocycles. The molecule has 0 unspecified atom stereocenters. The van der Waals surface area contributed by atoms with Gasteiger partial charge >= 0.3 is 5.69 Å². The number of likely N-dealkylation sites (N-methyl/N-ethyl adjacent to an activating group) is 1. The average molecular weight is 522 g/mol. The molecule has 0 radical (unpaired) electrons. The highest BCUT2D eigenvalue weighted by atomic mass is 32.1. The summed E-state index contributed by atoms with van der Waals surface area (Å²) in [6.07, 6.45) is 1.51. The van der Waals surface area contributed by atoms with Crippen molar-refractivity contribution in [3.05, 3.63) is 91.3 Å². The molecule has 1 N–H and O–H groups in total. The van der Waals surface area contributed by atoms with Crippen molar-refractivity contribution in [3.63, 3.8) is 0 Å². The Bertz CT molecular complexity index is 1520. The van der Waals surface area contributed by atoms with Gasteiger partial charge in [0, 0.05) is 30.2 Å². The molecule has 4 rings (SSSR count). The van der Waals surface area contributed by atoms with Gasteiger partial charge in [0.1, 0.15) is 11.3 Å². The molecule has 12 nitrogen and oxygen atoms in total. The Balaban J connectivity index is 1.63. The lowest BCUT2D eigenvalue weighted by molar-refractivity contribution is -0.394. The first-order valence-electron chi connectivity index (χ1n) is 10.7. The quantitative estimate of drug-likeness (QED) is 0.168. The van der Waals surface area contributed by atoms with Gasteiger partial charge in [-0.05, 0) is 74.1 Å². The Morgan fingerprint density at radius 1 is 1.00 bits per heavy atom. The van der Waals surface area contributed by atoms with Gasteiger partial charge in [-0.25, -0.2) is 0 Å². The number of nitro benzene ring substituents is 2. The van der Waals surface area contributed by atoms with Gasteiger partial charge in [-0.3, -0.25) is 40.0 Å². The minimum atomic E-state index is -0.748. The van der Waals surface area contributed by atoms with Crippen molar-refractivity contribution in [2.75, 3.05) is 7.05 Å². The Kier molecular flexibility index (Phi) is 6.55. The van der Waals surface area contributed by atoms with Crippen molar-refractivity contribution in [2.24, 2.45) is 0 Å². The molecular formula is C24H19N5O7S. The number of nitrogens with one attached hydrogen (secondary N) is 1. The minimum Gasteiger partial charge on any atom is -0.450 e. The molecule has 2 amide bonds. The third kappa shape index (κ3) is 4.79. The second kappa shape index (κ2) is 9.62. The van der Waals surface area contributed by atoms with Crippen LogP contribution < -0.4 is 10.1 Å². The number of ether oxygens (including phenoxy) is 1. The van der Waals surface area contributed by atoms with E-state index < -0.39 is 33.0 Å². The number of benzene rings is 2. The van der Waals surface area contributed by atoms with E-state index in [1.54, 1.807) is 24.3 Å². The molecular weight excluding hydrogens is 502 g/mol. The average Bonchev–Trinajstić information content (AvgIpc) is 3.13. The van der Waals surface area contributed by atoms with E-state index >= 15 is 0 Å². The molecule has 3 aromatic rings. The Morgan fingerprint density at radius 3 is 2.30 bits per heavy atom. The van der Waals surface area contributed by atoms with Crippen LogP contribution in [0.4, 0.5) is 11.4 Å². The molecule has 1 aromatic heterocycles. The topological polar surface area (TPSA) is 150 Å². The normalized spacial score (nSPS) is 14.6. The summed E-state index contributed by atoms with van der Waals surface area (Å²) >= 11 is 4.97. The molecule has 0 bridgehead atoms. The molecule has 37 heavy (non-hydrogen) atoms. The van der Waals surface area contributed by atoms with Gasteiger partial charge < -0.3 is 9.30 Å². The van der Waals surface area contributed by atoms with E-state index in [4.69, 9.17) is 17.0 Å². The van der Waals surface area contributed by atoms with Crippen LogP contribution in [0.15, 0.2) is 54.1 Å². The monoisotopic (exact) mass is 521 g/mol. The minimum absolute atomic E-state index is 0.0372. The molecule has 0 atom stereocenters. The number of thiocarbonyl (C=S) groups is 1. The number of hydrogen-bond donors (Lipinski definition) is 1. The van der Waals surface area contributed by atoms with Gasteiger partial charge in [0.15, 0.2) is 5.11 Å². The number of aromatic nitrogens is 1. The van der Waals surface area contributed by atoms with E-state index in [1.807, 2.05) is 24.5 Å². The van der Waals surface area contributed by atoms with Crippen molar-refractivity contribution in [3.8, 4) is 17.2 Å². The van der Waals surface area contributed by atoms with E-state index in [0.29, 0.717) is 5.56 Å². The number of amides is 2. The van der Waals surface area contributed by atoms with Crippen LogP contribution in [-0.2, 0) is 9.59 Å². The third-order valence-corrected chi connectivity index (χ3v) is 6.12. The maximum absolute atomic E-state index is 12.5. The predicted octanol–water partition coefficient (Wildman–Crippen LogP) is 3.96. The van der Waals surface area contributed by atoms with Crippen molar-refractivity contribution >= 4 is 46.6 Å². The Morgan fingerprint density at radius 2 is 1.68 bits per heavy atom. The first-order chi connectivity index (χ1) is 17.5. The summed E-state index contributed by atoms with van der Waals surface area (Å²) in [5.74, 6) is -0.917. The standard InChI is InChI=1S/C24H19N5O7S/c1-13-10-15(11-19-22(30)25-24(37)26(3)23(19)31)14(2)27(13)16-4-7-18(8-5-16)36-21-9-6-17(28(32)33)12-20(21)29(34)35/h4-12H,1-3H3,(H,25,30,37)/b19-11+. The highest BCUT2D eigenvalue weighted by Gasteiger charge is 2.31. The van der Waals surface area contributed by atoms with Gasteiger partial charge in [0.05, 0.1) is 15.9 Å². The highest BCUT2D eigenvalue weighted by molar-refractivity contribution is 7.80. The molecule has 1 saturated heterocycles. The van der Waals surface area contributed by atoms with E-state index in [9.17, 15) is 29.8 Å². The SMILES string of the molecule is Cc1cc(/C=C2\C(=O)NC(=S)N(C)C2=O)c(C)n1-c1ccc(Oc2ccc([N+](=O)[O-])cc2[N+](=O)[O-])cc1. The predicted molar refractivity (Wildman–Crippen MR) is 137 cm³/mol. The van der Waals surface area contributed by atoms with Crippen LogP contribution in [0.5, 0.6) is 11.5 Å². The van der Waals surface area contributed by atoms with Crippen molar-refractivity contribution in [1.82, 2.24) is 14.8 Å². The van der Waals surface area contributed by atoms with Crippen molar-refractivity contribution in [2.45, 2.75) is 13.8 Å². The summed E-state index contributed by atoms with van der Waals surface area (Å²) in [4.78, 5) is 46.9. The van der Waals surface area contributed by atoms with Gasteiger partial charge in [0.25, 0.3) is 17.5 Å². The second-order valence-electron chi connectivity index (χ2n) is 8.11. The van der Waals surface area contributed by atoms with Crippen LogP contribution in [0.2, 0.25) is 0 Å². The summed E-state index contributed by atoms with van der Waals surface area (Å²) in [6, 6.07) is 11.6. The Hall–Kier alpha value is -4.91. The van der Waals surface area contributed by atoms with E-state index in [2.05, 4.69) is 5.32 Å². The van der Waals surface area contributed by atoms with Crippen molar-refractivity contribution < 1.29 is 24.2 Å². The second-order valence-corrected chi connectivity index (χ2v) is 8.49. The maximum Gasteiger partial charge on any atom is 0.318 e. The van der Waals surface area contributed by atoms with Gasteiger partial charge in [0.2, 0.25) is 5.75 Å². The molecule has 0 saturated carbocycles. The van der Waals surface area contributed by atoms with E-state index in [1.165, 1.54) is 24.1 Å². The largest absolute Gasteiger partial charge is 0.450 e. The number of nitrogens with zero attached hydrogens (tertiary/aromatic N) is 4. The number of non-ortho nitro benzene ring substituents is 1. The lowest BCUT2D eigenvalue weighted by Crippen LogP contribution is -2.52. The molecule has 1 aliphatic heterocycles. The van der Waals surface area contributed by atoms with Crippen LogP contribution in [0.25, 0.3) is 11.8 Å². The lowest BCUT2D eigenvalue weighted by atomic mass is 10.1. The fourth-order valence-electron chi connectivity index (χ4n) is 3.87. The van der Waals surface area contributed by atoms with Gasteiger partial charge in [-0.2, -0.15) is 0 Å². The molecule has 0 spiro atoms. The first kappa shape index (κ1) is 25.2. The van der Waals surface area contributed by atoms with Gasteiger partial charge in [-0.1, -0.05) is 0 Å². The number of carbonyl (C=O) groups excluding carboxylic acids is 2. The lowest BCUT2D eigenvalue weighted by Gasteiger charge is -2.25. The molecule has 13 heteroatoms. The molecule has 2 aromatic carbocycles. The fraction of sp³-hybridized carbons (Fsp3) is 0.125. The maximum atomic E-state index is 12.5. The van der Waals surface area contributed by atoms with Crippen LogP contribution in [0.3, 0.4) is 0 Å². The highest BCUT2D eigenvalue weighted by Crippen LogP contribution is 2.35. The number of rotatable bonds is 6. The zero-order valence-corrected chi connectivity index (χ0v) is 20.6. The van der Waals surface area contributed by atoms with E-state index in [0.717, 1.165) is 29.2 Å². The first-order valence-corrected chi connectivity index (χ1v) is 11.1. The summed E-state index contributed by atoms with van der Waals surface area (Å²) in [6.45, 7) is 3.70. The van der Waals surface area contributed by atoms with E-state index in [-0.39, 0.29) is 22.2 Å². The summed E-state index contributed by atoms with van der Waals surface area (Å²) < 4.78 is 7.53. The number of carbonyl (C=O) groups is 2. The van der Waals surface area contributed by atoms with Crippen LogP contribution in [0.1, 0.15) is 17.0 Å². The molecule has 1 aliphatic rings. The smallest absolute Gasteiger partial charge is 0.318 e. The number of nitro groups is 2. The molecule has 188 valence electrons. The number of aryl methyl sites for hydroxylation is 1. The van der Waals surface area contributed by atoms with Crippen LogP contribution in [0, 0.1) is 34.1 Å². The zero-order valence-electron chi connectivity index (χ0n) is 19.8. The van der Waals surface area contributed by atoms with Crippen LogP contribution in [-0.4, -0.2) is 43.3 Å².